The number of hydrogen-bond acceptors (Lipinski definition) is 6. The number of nitrogens with one attached hydrogen (secondary N) is 1. The molecule has 0 aliphatic rings. The lowest BCUT2D eigenvalue weighted by molar-refractivity contribution is 0.455. The Kier molecular flexibility index (Phi) is 4.23. The second-order valence-corrected chi connectivity index (χ2v) is 6.66. The van der Waals surface area contributed by atoms with Crippen LogP contribution in [0.5, 0.6) is 11.6 Å². The highest BCUT2D eigenvalue weighted by Crippen LogP contribution is 2.33. The molecule has 138 valence electrons. The summed E-state index contributed by atoms with van der Waals surface area (Å²) in [6.07, 6.45) is 1.89. The molecule has 0 saturated heterocycles. The predicted molar refractivity (Wildman–Crippen MR) is 103 cm³/mol. The van der Waals surface area contributed by atoms with Crippen molar-refractivity contribution < 1.29 is 4.74 Å². The van der Waals surface area contributed by atoms with Gasteiger partial charge in [-0.2, -0.15) is 9.61 Å². The highest BCUT2D eigenvalue weighted by Gasteiger charge is 2.18. The fourth-order valence-electron chi connectivity index (χ4n) is 2.85. The molecule has 3 aromatic heterocycles. The Balaban J connectivity index is 1.84. The van der Waals surface area contributed by atoms with Crippen LogP contribution in [0.25, 0.3) is 16.9 Å². The number of hydrogen-bond donors (Lipinski definition) is 1. The van der Waals surface area contributed by atoms with Crippen LogP contribution in [-0.4, -0.2) is 35.6 Å². The highest BCUT2D eigenvalue weighted by atomic mass is 16.5. The number of anilines is 1. The van der Waals surface area contributed by atoms with Crippen molar-refractivity contribution in [3.8, 4) is 22.9 Å². The average molecular weight is 363 g/mol. The summed E-state index contributed by atoms with van der Waals surface area (Å²) in [5, 5.41) is 21.0. The number of para-hydroxylation sites is 1. The van der Waals surface area contributed by atoms with Crippen molar-refractivity contribution in [2.75, 3.05) is 5.32 Å². The van der Waals surface area contributed by atoms with Crippen molar-refractivity contribution in [1.29, 1.82) is 0 Å². The summed E-state index contributed by atoms with van der Waals surface area (Å²) in [6, 6.07) is 11.8. The van der Waals surface area contributed by atoms with E-state index in [-0.39, 0.29) is 6.04 Å². The van der Waals surface area contributed by atoms with E-state index in [1.54, 1.807) is 9.20 Å². The van der Waals surface area contributed by atoms with Crippen LogP contribution in [0, 0.1) is 6.92 Å². The van der Waals surface area contributed by atoms with Gasteiger partial charge >= 0.3 is 0 Å². The summed E-state index contributed by atoms with van der Waals surface area (Å²) in [5.41, 5.74) is 3.08. The molecule has 0 spiro atoms. The Morgan fingerprint density at radius 2 is 1.85 bits per heavy atom. The molecule has 0 aliphatic heterocycles. The lowest BCUT2D eigenvalue weighted by atomic mass is 10.2. The smallest absolute Gasteiger partial charge is 0.247 e. The molecule has 0 unspecified atom stereocenters. The van der Waals surface area contributed by atoms with Gasteiger partial charge in [-0.1, -0.05) is 18.2 Å². The molecule has 0 bridgehead atoms. The van der Waals surface area contributed by atoms with Crippen molar-refractivity contribution in [2.45, 2.75) is 26.8 Å². The number of benzene rings is 1. The molecule has 27 heavy (non-hydrogen) atoms. The first-order valence-electron chi connectivity index (χ1n) is 8.78. The van der Waals surface area contributed by atoms with E-state index in [0.717, 1.165) is 22.7 Å². The molecule has 0 aliphatic carbocycles. The topological polar surface area (TPSA) is 82.2 Å². The van der Waals surface area contributed by atoms with E-state index in [1.807, 2.05) is 56.6 Å². The molecule has 8 nitrogen and oxygen atoms in total. The zero-order chi connectivity index (χ0) is 19.0. The second kappa shape index (κ2) is 6.71. The molecule has 0 saturated carbocycles. The lowest BCUT2D eigenvalue weighted by Crippen LogP contribution is -2.12. The fourth-order valence-corrected chi connectivity index (χ4v) is 2.85. The van der Waals surface area contributed by atoms with Crippen molar-refractivity contribution in [3.63, 3.8) is 0 Å². The first kappa shape index (κ1) is 17.0. The van der Waals surface area contributed by atoms with E-state index in [2.05, 4.69) is 34.5 Å². The maximum absolute atomic E-state index is 6.00. The van der Waals surface area contributed by atoms with Crippen LogP contribution in [0.4, 0.5) is 5.69 Å². The molecular formula is C19H21N7O. The van der Waals surface area contributed by atoms with Crippen molar-refractivity contribution in [3.05, 3.63) is 48.4 Å². The van der Waals surface area contributed by atoms with Crippen LogP contribution in [0.3, 0.4) is 0 Å². The van der Waals surface area contributed by atoms with E-state index in [0.29, 0.717) is 17.4 Å². The van der Waals surface area contributed by atoms with Crippen LogP contribution in [-0.2, 0) is 7.05 Å². The SMILES string of the molecule is Cc1nnc2c(NC(C)C)cc(-c3cn(C)nc3Oc3ccccc3)nn12. The van der Waals surface area contributed by atoms with Gasteiger partial charge in [0.25, 0.3) is 0 Å². The third-order valence-electron chi connectivity index (χ3n) is 4.00. The molecule has 1 aromatic carbocycles. The van der Waals surface area contributed by atoms with Gasteiger partial charge < -0.3 is 10.1 Å². The lowest BCUT2D eigenvalue weighted by Gasteiger charge is -2.12. The van der Waals surface area contributed by atoms with Gasteiger partial charge in [0.05, 0.1) is 11.3 Å². The Labute approximate surface area is 156 Å². The summed E-state index contributed by atoms with van der Waals surface area (Å²) in [5.74, 6) is 1.93. The molecule has 0 amide bonds. The average Bonchev–Trinajstić information content (AvgIpc) is 3.18. The van der Waals surface area contributed by atoms with Crippen LogP contribution < -0.4 is 10.1 Å². The van der Waals surface area contributed by atoms with Crippen LogP contribution >= 0.6 is 0 Å². The monoisotopic (exact) mass is 363 g/mol. The summed E-state index contributed by atoms with van der Waals surface area (Å²) >= 11 is 0. The number of fused-ring (bicyclic) bond motifs is 1. The second-order valence-electron chi connectivity index (χ2n) is 6.66. The first-order chi connectivity index (χ1) is 13.0. The molecule has 0 fully saturated rings. The van der Waals surface area contributed by atoms with Gasteiger partial charge in [0, 0.05) is 19.3 Å². The van der Waals surface area contributed by atoms with Gasteiger partial charge in [0.2, 0.25) is 11.5 Å². The van der Waals surface area contributed by atoms with Gasteiger partial charge in [0.1, 0.15) is 11.4 Å². The minimum atomic E-state index is 0.245. The van der Waals surface area contributed by atoms with Gasteiger partial charge in [-0.05, 0) is 39.0 Å². The van der Waals surface area contributed by atoms with Crippen LogP contribution in [0.2, 0.25) is 0 Å². The normalized spacial score (nSPS) is 11.3. The standard InChI is InChI=1S/C19H21N7O/c1-12(2)20-17-10-16(23-26-13(3)21-22-18(17)26)15-11-25(4)24-19(15)27-14-8-6-5-7-9-14/h5-12,20H,1-4H3. The van der Waals surface area contributed by atoms with Gasteiger partial charge in [-0.3, -0.25) is 4.68 Å². The number of aryl methyl sites for hydroxylation is 2. The minimum Gasteiger partial charge on any atom is -0.437 e. The quantitative estimate of drug-likeness (QED) is 0.585. The Bertz CT molecular complexity index is 1080. The molecule has 8 heteroatoms. The maximum atomic E-state index is 6.00. The Hall–Kier alpha value is -3.42. The van der Waals surface area contributed by atoms with Crippen molar-refractivity contribution >= 4 is 11.3 Å². The summed E-state index contributed by atoms with van der Waals surface area (Å²) in [4.78, 5) is 0. The first-order valence-corrected chi connectivity index (χ1v) is 8.78. The fraction of sp³-hybridized carbons (Fsp3) is 0.263. The maximum Gasteiger partial charge on any atom is 0.247 e. The molecule has 0 radical (unpaired) electrons. The number of rotatable bonds is 5. The molecule has 3 heterocycles. The molecule has 1 N–H and O–H groups in total. The molecule has 0 atom stereocenters. The van der Waals surface area contributed by atoms with Crippen LogP contribution in [0.1, 0.15) is 19.7 Å². The van der Waals surface area contributed by atoms with E-state index in [1.165, 1.54) is 0 Å². The van der Waals surface area contributed by atoms with E-state index < -0.39 is 0 Å². The summed E-state index contributed by atoms with van der Waals surface area (Å²) in [6.45, 7) is 6.03. The number of aromatic nitrogens is 6. The number of nitrogens with zero attached hydrogens (tertiary/aromatic N) is 6. The molecule has 4 aromatic rings. The molecule has 4 rings (SSSR count). The van der Waals surface area contributed by atoms with Gasteiger partial charge in [-0.15, -0.1) is 15.3 Å². The molecular weight excluding hydrogens is 342 g/mol. The van der Waals surface area contributed by atoms with Crippen LogP contribution in [0.15, 0.2) is 42.6 Å². The van der Waals surface area contributed by atoms with Crippen molar-refractivity contribution in [1.82, 2.24) is 29.6 Å². The predicted octanol–water partition coefficient (Wildman–Crippen LogP) is 3.45. The number of ether oxygens (including phenoxy) is 1. The Morgan fingerprint density at radius 1 is 1.07 bits per heavy atom. The minimum absolute atomic E-state index is 0.245. The van der Waals surface area contributed by atoms with Crippen molar-refractivity contribution in [2.24, 2.45) is 7.05 Å². The summed E-state index contributed by atoms with van der Waals surface area (Å²) in [7, 11) is 1.86. The zero-order valence-electron chi connectivity index (χ0n) is 15.7. The van der Waals surface area contributed by atoms with Gasteiger partial charge in [-0.25, -0.2) is 0 Å². The third-order valence-corrected chi connectivity index (χ3v) is 4.00. The van der Waals surface area contributed by atoms with Gasteiger partial charge in [0.15, 0.2) is 5.82 Å². The van der Waals surface area contributed by atoms with E-state index >= 15 is 0 Å². The van der Waals surface area contributed by atoms with E-state index in [9.17, 15) is 0 Å². The Morgan fingerprint density at radius 3 is 2.59 bits per heavy atom. The zero-order valence-corrected chi connectivity index (χ0v) is 15.7. The highest BCUT2D eigenvalue weighted by molar-refractivity contribution is 5.75. The largest absolute Gasteiger partial charge is 0.437 e. The summed E-state index contributed by atoms with van der Waals surface area (Å²) < 4.78 is 9.45. The third kappa shape index (κ3) is 3.33. The van der Waals surface area contributed by atoms with E-state index in [4.69, 9.17) is 9.84 Å².